The summed E-state index contributed by atoms with van der Waals surface area (Å²) in [6.07, 6.45) is 13.1. The summed E-state index contributed by atoms with van der Waals surface area (Å²) in [6, 6.07) is 24.2. The van der Waals surface area contributed by atoms with Gasteiger partial charge in [0.25, 0.3) is 0 Å². The van der Waals surface area contributed by atoms with E-state index in [-0.39, 0.29) is 13.0 Å². The van der Waals surface area contributed by atoms with Gasteiger partial charge >= 0.3 is 0 Å². The lowest BCUT2D eigenvalue weighted by molar-refractivity contribution is 0.111. The molecule has 0 spiro atoms. The SMILES string of the molecule is C.N#Cc1cn(-c2ccc(Cl)cc2)cn1.NC1(c2cn(-c3ccc(Cl)cc3)cn2)CC1.O=Cc1cn(-c2ccc(Cl)cc2)cn1. The van der Waals surface area contributed by atoms with Crippen LogP contribution in [0.5, 0.6) is 0 Å². The average Bonchev–Trinajstić information content (AvgIpc) is 3.50. The molecule has 6 aromatic rings. The standard InChI is InChI=1S/C12H12ClN3.C10H6ClN3.C10H7ClN2O.CH4/c13-9-1-3-10(4-2-9)16-7-11(15-8-16)12(14)5-6-12;11-8-1-3-10(4-2-8)14-6-9(5-12)13-7-14;11-8-1-3-10(4-2-8)13-5-9(6-14)12-7-13;/h1-4,7-8H,5-6,14H2;1-4,6-7H;1-7H;1H4. The van der Waals surface area contributed by atoms with Gasteiger partial charge in [-0.1, -0.05) is 42.2 Å². The molecule has 7 rings (SSSR count). The molecule has 0 unspecified atom stereocenters. The fourth-order valence-electron chi connectivity index (χ4n) is 4.01. The Hall–Kier alpha value is -4.72. The van der Waals surface area contributed by atoms with Crippen LogP contribution in [0.1, 0.15) is 42.1 Å². The molecule has 0 saturated heterocycles. The molecular formula is C33H29Cl3N8O. The molecule has 1 aliphatic rings. The van der Waals surface area contributed by atoms with Crippen LogP contribution in [0.15, 0.2) is 110 Å². The molecule has 0 amide bonds. The molecule has 9 nitrogen and oxygen atoms in total. The molecule has 0 radical (unpaired) electrons. The third-order valence-electron chi connectivity index (χ3n) is 6.68. The van der Waals surface area contributed by atoms with Gasteiger partial charge in [0, 0.05) is 50.7 Å². The van der Waals surface area contributed by atoms with Crippen LogP contribution in [0.25, 0.3) is 17.1 Å². The van der Waals surface area contributed by atoms with Crippen molar-refractivity contribution in [2.75, 3.05) is 0 Å². The van der Waals surface area contributed by atoms with E-state index in [4.69, 9.17) is 45.8 Å². The molecule has 3 aromatic heterocycles. The summed E-state index contributed by atoms with van der Waals surface area (Å²) >= 11 is 17.3. The summed E-state index contributed by atoms with van der Waals surface area (Å²) in [4.78, 5) is 22.6. The summed E-state index contributed by atoms with van der Waals surface area (Å²) in [5.41, 5.74) is 10.6. The van der Waals surface area contributed by atoms with E-state index in [0.29, 0.717) is 27.7 Å². The number of hydrogen-bond acceptors (Lipinski definition) is 6. The zero-order chi connectivity index (χ0) is 31.1. The number of benzene rings is 3. The second kappa shape index (κ2) is 14.8. The van der Waals surface area contributed by atoms with Crippen LogP contribution >= 0.6 is 34.8 Å². The second-order valence-electron chi connectivity index (χ2n) is 9.85. The smallest absolute Gasteiger partial charge is 0.170 e. The van der Waals surface area contributed by atoms with E-state index in [2.05, 4.69) is 15.0 Å². The lowest BCUT2D eigenvalue weighted by Crippen LogP contribution is -2.18. The molecule has 3 heterocycles. The summed E-state index contributed by atoms with van der Waals surface area (Å²) in [7, 11) is 0. The van der Waals surface area contributed by atoms with Gasteiger partial charge in [-0.15, -0.1) is 0 Å². The molecule has 12 heteroatoms. The highest BCUT2D eigenvalue weighted by Crippen LogP contribution is 2.41. The number of aldehydes is 1. The molecular weight excluding hydrogens is 631 g/mol. The number of nitriles is 1. The van der Waals surface area contributed by atoms with Crippen LogP contribution in [0.2, 0.25) is 15.1 Å². The predicted octanol–water partition coefficient (Wildman–Crippen LogP) is 7.85. The highest BCUT2D eigenvalue weighted by atomic mass is 35.5. The van der Waals surface area contributed by atoms with Gasteiger partial charge in [0.05, 0.1) is 17.6 Å². The fourth-order valence-corrected chi connectivity index (χ4v) is 4.39. The molecule has 1 aliphatic carbocycles. The first kappa shape index (κ1) is 33.2. The maximum Gasteiger partial charge on any atom is 0.170 e. The highest BCUT2D eigenvalue weighted by Gasteiger charge is 2.42. The summed E-state index contributed by atoms with van der Waals surface area (Å²) in [6.45, 7) is 0. The van der Waals surface area contributed by atoms with Crippen molar-refractivity contribution in [2.45, 2.75) is 25.8 Å². The Morgan fingerprint density at radius 2 is 1.11 bits per heavy atom. The molecule has 0 aliphatic heterocycles. The minimum absolute atomic E-state index is 0. The fraction of sp³-hybridized carbons (Fsp3) is 0.121. The molecule has 2 N–H and O–H groups in total. The summed E-state index contributed by atoms with van der Waals surface area (Å²) < 4.78 is 5.51. The van der Waals surface area contributed by atoms with Gasteiger partial charge in [-0.05, 0) is 85.6 Å². The average molecular weight is 660 g/mol. The number of carbonyl (C=O) groups excluding carboxylic acids is 1. The Balaban J connectivity index is 0.000000152. The van der Waals surface area contributed by atoms with Crippen molar-refractivity contribution in [3.05, 3.63) is 143 Å². The normalized spacial score (nSPS) is 12.3. The first-order valence-corrected chi connectivity index (χ1v) is 14.4. The maximum absolute atomic E-state index is 10.4. The van der Waals surface area contributed by atoms with Crippen LogP contribution in [0.4, 0.5) is 0 Å². The number of carbonyl (C=O) groups is 1. The van der Waals surface area contributed by atoms with E-state index in [9.17, 15) is 4.79 Å². The van der Waals surface area contributed by atoms with Gasteiger partial charge < -0.3 is 19.4 Å². The van der Waals surface area contributed by atoms with E-state index in [0.717, 1.165) is 40.6 Å². The Kier molecular flexibility index (Phi) is 10.9. The molecule has 3 aromatic carbocycles. The monoisotopic (exact) mass is 658 g/mol. The van der Waals surface area contributed by atoms with Crippen LogP contribution < -0.4 is 5.73 Å². The van der Waals surface area contributed by atoms with Crippen molar-refractivity contribution in [2.24, 2.45) is 5.73 Å². The van der Waals surface area contributed by atoms with E-state index >= 15 is 0 Å². The van der Waals surface area contributed by atoms with Crippen LogP contribution in [-0.2, 0) is 5.54 Å². The van der Waals surface area contributed by atoms with E-state index < -0.39 is 0 Å². The number of hydrogen-bond donors (Lipinski definition) is 1. The Morgan fingerprint density at radius 1 is 0.689 bits per heavy atom. The van der Waals surface area contributed by atoms with E-state index in [1.165, 1.54) is 0 Å². The third-order valence-corrected chi connectivity index (χ3v) is 7.43. The van der Waals surface area contributed by atoms with Gasteiger partial charge in [0.2, 0.25) is 0 Å². The number of halogens is 3. The van der Waals surface area contributed by atoms with Crippen molar-refractivity contribution in [3.8, 4) is 23.1 Å². The number of rotatable bonds is 5. The number of aromatic nitrogens is 6. The van der Waals surface area contributed by atoms with Gasteiger partial charge in [-0.25, -0.2) is 15.0 Å². The van der Waals surface area contributed by atoms with E-state index in [1.807, 2.05) is 65.4 Å². The van der Waals surface area contributed by atoms with Crippen molar-refractivity contribution in [1.82, 2.24) is 28.7 Å². The largest absolute Gasteiger partial charge is 0.320 e. The van der Waals surface area contributed by atoms with Crippen LogP contribution in [0.3, 0.4) is 0 Å². The third kappa shape index (κ3) is 8.69. The Labute approximate surface area is 276 Å². The minimum Gasteiger partial charge on any atom is -0.320 e. The van der Waals surface area contributed by atoms with E-state index in [1.54, 1.807) is 64.8 Å². The second-order valence-corrected chi connectivity index (χ2v) is 11.2. The summed E-state index contributed by atoms with van der Waals surface area (Å²) in [5.74, 6) is 0. The number of nitrogens with two attached hydrogens (primary N) is 1. The van der Waals surface area contributed by atoms with Crippen molar-refractivity contribution in [1.29, 1.82) is 5.26 Å². The summed E-state index contributed by atoms with van der Waals surface area (Å²) in [5, 5.41) is 10.7. The van der Waals surface area contributed by atoms with Crippen molar-refractivity contribution >= 4 is 41.1 Å². The molecule has 0 bridgehead atoms. The molecule has 1 fully saturated rings. The topological polar surface area (TPSA) is 120 Å². The van der Waals surface area contributed by atoms with Gasteiger partial charge in [0.15, 0.2) is 12.0 Å². The number of nitrogens with zero attached hydrogens (tertiary/aromatic N) is 7. The first-order valence-electron chi connectivity index (χ1n) is 13.3. The van der Waals surface area contributed by atoms with Crippen LogP contribution in [0, 0.1) is 11.3 Å². The lowest BCUT2D eigenvalue weighted by Gasteiger charge is -2.03. The molecule has 228 valence electrons. The van der Waals surface area contributed by atoms with Gasteiger partial charge in [-0.3, -0.25) is 4.79 Å². The number of imidazole rings is 3. The zero-order valence-electron chi connectivity index (χ0n) is 23.1. The minimum atomic E-state index is -0.169. The van der Waals surface area contributed by atoms with Gasteiger partial charge in [-0.2, -0.15) is 5.26 Å². The quantitative estimate of drug-likeness (QED) is 0.188. The molecule has 1 saturated carbocycles. The van der Waals surface area contributed by atoms with Crippen molar-refractivity contribution in [3.63, 3.8) is 0 Å². The maximum atomic E-state index is 10.4. The molecule has 45 heavy (non-hydrogen) atoms. The predicted molar refractivity (Wildman–Crippen MR) is 178 cm³/mol. The van der Waals surface area contributed by atoms with Gasteiger partial charge in [0.1, 0.15) is 24.4 Å². The Bertz CT molecular complexity index is 1880. The first-order chi connectivity index (χ1) is 21.3. The zero-order valence-corrected chi connectivity index (χ0v) is 25.4. The Morgan fingerprint density at radius 3 is 1.51 bits per heavy atom. The lowest BCUT2D eigenvalue weighted by atomic mass is 10.2. The highest BCUT2D eigenvalue weighted by molar-refractivity contribution is 6.31. The van der Waals surface area contributed by atoms with Crippen LogP contribution in [-0.4, -0.2) is 34.9 Å². The molecule has 0 atom stereocenters. The van der Waals surface area contributed by atoms with Crippen molar-refractivity contribution < 1.29 is 4.79 Å².